The van der Waals surface area contributed by atoms with Crippen LogP contribution in [0.1, 0.15) is 31.3 Å². The summed E-state index contributed by atoms with van der Waals surface area (Å²) in [4.78, 5) is 4.37. The zero-order valence-electron chi connectivity index (χ0n) is 10.0. The van der Waals surface area contributed by atoms with Crippen molar-refractivity contribution in [3.05, 3.63) is 35.9 Å². The fourth-order valence-corrected chi connectivity index (χ4v) is 2.03. The van der Waals surface area contributed by atoms with E-state index in [0.717, 1.165) is 37.2 Å². The van der Waals surface area contributed by atoms with Crippen LogP contribution in [0.25, 0.3) is 0 Å². The maximum Gasteiger partial charge on any atom is 0.174 e. The van der Waals surface area contributed by atoms with Gasteiger partial charge in [-0.1, -0.05) is 24.6 Å². The summed E-state index contributed by atoms with van der Waals surface area (Å²) in [5.41, 5.74) is 1.13. The van der Waals surface area contributed by atoms with Crippen molar-refractivity contribution in [1.82, 2.24) is 25.6 Å². The molecule has 0 amide bonds. The van der Waals surface area contributed by atoms with Crippen LogP contribution in [-0.2, 0) is 12.8 Å². The van der Waals surface area contributed by atoms with Gasteiger partial charge in [0.2, 0.25) is 0 Å². The number of H-pyrrole nitrogens is 1. The molecule has 5 heteroatoms. The third-order valence-corrected chi connectivity index (χ3v) is 2.78. The molecule has 2 aromatic heterocycles. The predicted octanol–water partition coefficient (Wildman–Crippen LogP) is 1.80. The molecule has 17 heavy (non-hydrogen) atoms. The summed E-state index contributed by atoms with van der Waals surface area (Å²) in [5, 5.41) is 14.1. The number of rotatable bonds is 6. The van der Waals surface area contributed by atoms with Crippen LogP contribution < -0.4 is 0 Å². The fraction of sp³-hybridized carbons (Fsp3) is 0.500. The van der Waals surface area contributed by atoms with Crippen molar-refractivity contribution in [2.45, 2.75) is 32.6 Å². The van der Waals surface area contributed by atoms with Crippen LogP contribution in [0, 0.1) is 5.92 Å². The summed E-state index contributed by atoms with van der Waals surface area (Å²) in [6, 6.07) is 6.04. The van der Waals surface area contributed by atoms with Gasteiger partial charge in [-0.05, 0) is 30.9 Å². The number of pyridine rings is 1. The molecule has 0 spiro atoms. The first kappa shape index (κ1) is 11.7. The maximum atomic E-state index is 4.37. The van der Waals surface area contributed by atoms with Crippen LogP contribution in [0.3, 0.4) is 0 Å². The third-order valence-electron chi connectivity index (χ3n) is 2.78. The Labute approximate surface area is 101 Å². The molecule has 0 saturated carbocycles. The molecule has 5 nitrogen and oxygen atoms in total. The maximum absolute atomic E-state index is 4.37. The van der Waals surface area contributed by atoms with E-state index in [1.807, 2.05) is 18.3 Å². The molecule has 0 saturated heterocycles. The molecule has 0 bridgehead atoms. The first-order valence-electron chi connectivity index (χ1n) is 6.00. The second-order valence-corrected chi connectivity index (χ2v) is 4.21. The lowest BCUT2D eigenvalue weighted by Gasteiger charge is -2.13. The number of hydrogen-bond acceptors (Lipinski definition) is 4. The zero-order chi connectivity index (χ0) is 11.9. The molecule has 1 atom stereocenters. The van der Waals surface area contributed by atoms with Crippen molar-refractivity contribution in [1.29, 1.82) is 0 Å². The van der Waals surface area contributed by atoms with Gasteiger partial charge >= 0.3 is 0 Å². The lowest BCUT2D eigenvalue weighted by atomic mass is 9.94. The van der Waals surface area contributed by atoms with Crippen LogP contribution in [-0.4, -0.2) is 25.6 Å². The first-order chi connectivity index (χ1) is 8.38. The minimum absolute atomic E-state index is 0.535. The summed E-state index contributed by atoms with van der Waals surface area (Å²) in [6.45, 7) is 2.20. The van der Waals surface area contributed by atoms with Crippen molar-refractivity contribution in [3.63, 3.8) is 0 Å². The quantitative estimate of drug-likeness (QED) is 0.823. The minimum atomic E-state index is 0.535. The first-order valence-corrected chi connectivity index (χ1v) is 6.00. The lowest BCUT2D eigenvalue weighted by Crippen LogP contribution is -2.10. The lowest BCUT2D eigenvalue weighted by molar-refractivity contribution is 0.459. The van der Waals surface area contributed by atoms with Gasteiger partial charge in [-0.15, -0.1) is 10.2 Å². The van der Waals surface area contributed by atoms with Crippen molar-refractivity contribution in [2.24, 2.45) is 5.92 Å². The average molecular weight is 231 g/mol. The summed E-state index contributed by atoms with van der Waals surface area (Å²) < 4.78 is 0. The molecular formula is C12H17N5. The number of tetrazole rings is 1. The molecule has 2 aromatic rings. The monoisotopic (exact) mass is 231 g/mol. The summed E-state index contributed by atoms with van der Waals surface area (Å²) in [7, 11) is 0. The van der Waals surface area contributed by atoms with E-state index in [9.17, 15) is 0 Å². The van der Waals surface area contributed by atoms with Gasteiger partial charge in [0.05, 0.1) is 0 Å². The third kappa shape index (κ3) is 3.62. The highest BCUT2D eigenvalue weighted by Crippen LogP contribution is 2.16. The molecule has 90 valence electrons. The van der Waals surface area contributed by atoms with Gasteiger partial charge in [0.25, 0.3) is 0 Å². The van der Waals surface area contributed by atoms with Gasteiger partial charge < -0.3 is 0 Å². The van der Waals surface area contributed by atoms with Gasteiger partial charge in [0, 0.05) is 18.3 Å². The highest BCUT2D eigenvalue weighted by atomic mass is 15.5. The normalized spacial score (nSPS) is 12.5. The van der Waals surface area contributed by atoms with E-state index in [1.165, 1.54) is 0 Å². The molecule has 2 heterocycles. The minimum Gasteiger partial charge on any atom is -0.261 e. The molecule has 0 radical (unpaired) electrons. The fourth-order valence-electron chi connectivity index (χ4n) is 2.03. The highest BCUT2D eigenvalue weighted by molar-refractivity contribution is 5.04. The van der Waals surface area contributed by atoms with Crippen molar-refractivity contribution < 1.29 is 0 Å². The van der Waals surface area contributed by atoms with Crippen molar-refractivity contribution in [3.8, 4) is 0 Å². The molecule has 2 rings (SSSR count). The Hall–Kier alpha value is -1.78. The van der Waals surface area contributed by atoms with Crippen molar-refractivity contribution in [2.75, 3.05) is 0 Å². The van der Waals surface area contributed by atoms with E-state index in [2.05, 4.69) is 38.6 Å². The number of aromatic nitrogens is 5. The van der Waals surface area contributed by atoms with Gasteiger partial charge in [0.1, 0.15) is 0 Å². The van der Waals surface area contributed by atoms with E-state index in [1.54, 1.807) is 0 Å². The Morgan fingerprint density at radius 1 is 1.29 bits per heavy atom. The van der Waals surface area contributed by atoms with Crippen LogP contribution in [0.15, 0.2) is 24.4 Å². The zero-order valence-corrected chi connectivity index (χ0v) is 10.0. The van der Waals surface area contributed by atoms with Gasteiger partial charge in [0.15, 0.2) is 5.82 Å². The van der Waals surface area contributed by atoms with Gasteiger partial charge in [-0.25, -0.2) is 0 Å². The van der Waals surface area contributed by atoms with E-state index in [4.69, 9.17) is 0 Å². The second-order valence-electron chi connectivity index (χ2n) is 4.21. The van der Waals surface area contributed by atoms with E-state index in [-0.39, 0.29) is 0 Å². The molecule has 0 aliphatic heterocycles. The second kappa shape index (κ2) is 6.08. The summed E-state index contributed by atoms with van der Waals surface area (Å²) >= 11 is 0. The molecule has 1 N–H and O–H groups in total. The molecule has 0 aromatic carbocycles. The van der Waals surface area contributed by atoms with Crippen LogP contribution >= 0.6 is 0 Å². The Morgan fingerprint density at radius 2 is 2.24 bits per heavy atom. The topological polar surface area (TPSA) is 67.3 Å². The Bertz CT molecular complexity index is 412. The van der Waals surface area contributed by atoms with Gasteiger partial charge in [-0.2, -0.15) is 5.21 Å². The summed E-state index contributed by atoms with van der Waals surface area (Å²) in [6.07, 6.45) is 6.00. The Balaban J connectivity index is 1.97. The molecule has 0 aliphatic carbocycles. The average Bonchev–Trinajstić information content (AvgIpc) is 2.83. The van der Waals surface area contributed by atoms with Crippen LogP contribution in [0.4, 0.5) is 0 Å². The number of aromatic amines is 1. The predicted molar refractivity (Wildman–Crippen MR) is 64.2 cm³/mol. The molecule has 0 fully saturated rings. The van der Waals surface area contributed by atoms with E-state index < -0.39 is 0 Å². The smallest absolute Gasteiger partial charge is 0.174 e. The molecular weight excluding hydrogens is 214 g/mol. The number of nitrogens with one attached hydrogen (secondary N) is 1. The van der Waals surface area contributed by atoms with Gasteiger partial charge in [-0.3, -0.25) is 4.98 Å². The number of nitrogens with zero attached hydrogens (tertiary/aromatic N) is 4. The summed E-state index contributed by atoms with van der Waals surface area (Å²) in [5.74, 6) is 1.33. The largest absolute Gasteiger partial charge is 0.261 e. The van der Waals surface area contributed by atoms with E-state index in [0.29, 0.717) is 5.92 Å². The number of hydrogen-bond donors (Lipinski definition) is 1. The van der Waals surface area contributed by atoms with E-state index >= 15 is 0 Å². The van der Waals surface area contributed by atoms with Crippen molar-refractivity contribution >= 4 is 0 Å². The molecule has 1 unspecified atom stereocenters. The van der Waals surface area contributed by atoms with Crippen LogP contribution in [0.2, 0.25) is 0 Å². The highest BCUT2D eigenvalue weighted by Gasteiger charge is 2.13. The van der Waals surface area contributed by atoms with Crippen LogP contribution in [0.5, 0.6) is 0 Å². The Morgan fingerprint density at radius 3 is 2.88 bits per heavy atom. The standard InChI is InChI=1S/C12H17N5/c1-2-5-10(9-12-14-16-17-15-12)8-11-6-3-4-7-13-11/h3-4,6-7,10H,2,5,8-9H2,1H3,(H,14,15,16,17). The Kier molecular flexibility index (Phi) is 4.18. The SMILES string of the molecule is CCCC(Cc1ccccn1)Cc1nn[nH]n1. The molecule has 0 aliphatic rings.